The number of phenols is 2. The minimum atomic E-state index is -0.609. The first kappa shape index (κ1) is 15.8. The average Bonchev–Trinajstić information content (AvgIpc) is 2.40. The van der Waals surface area contributed by atoms with Crippen molar-refractivity contribution in [1.29, 1.82) is 0 Å². The van der Waals surface area contributed by atoms with Crippen LogP contribution in [0.4, 0.5) is 0 Å². The molecule has 1 heterocycles. The fourth-order valence-corrected chi connectivity index (χ4v) is 2.25. The van der Waals surface area contributed by atoms with E-state index in [-0.39, 0.29) is 35.5 Å². The molecule has 0 bridgehead atoms. The third-order valence-electron chi connectivity index (χ3n) is 3.32. The van der Waals surface area contributed by atoms with Gasteiger partial charge in [-0.15, -0.1) is 0 Å². The van der Waals surface area contributed by atoms with Gasteiger partial charge in [0.2, 0.25) is 0 Å². The summed E-state index contributed by atoms with van der Waals surface area (Å²) in [6.07, 6.45) is 2.04. The molecule has 1 aliphatic rings. The van der Waals surface area contributed by atoms with Crippen LogP contribution in [0.3, 0.4) is 0 Å². The number of allylic oxidation sites excluding steroid dienone is 2. The number of cyclic esters (lactones) is 1. The summed E-state index contributed by atoms with van der Waals surface area (Å²) in [7, 11) is 0. The molecule has 0 fully saturated rings. The number of aromatic hydroxyl groups is 2. The zero-order chi connectivity index (χ0) is 16.3. The van der Waals surface area contributed by atoms with Gasteiger partial charge in [0.1, 0.15) is 11.5 Å². The Balaban J connectivity index is 2.48. The van der Waals surface area contributed by atoms with Crippen LogP contribution in [0.5, 0.6) is 11.5 Å². The molecular weight excluding hydrogens is 288 g/mol. The monoisotopic (exact) mass is 304 g/mol. The van der Waals surface area contributed by atoms with E-state index < -0.39 is 23.6 Å². The number of hydrogen-bond acceptors (Lipinski definition) is 6. The largest absolute Gasteiger partial charge is 0.508 e. The van der Waals surface area contributed by atoms with Gasteiger partial charge in [0.25, 0.3) is 0 Å². The Bertz CT molecular complexity index is 659. The van der Waals surface area contributed by atoms with Gasteiger partial charge in [0.05, 0.1) is 18.1 Å². The SMILES string of the molecule is C[C@H]1CCC(=O)/C=C/C(=O)c2c(O)cc(O)cc2CC(=O)O1. The normalized spacial score (nSPS) is 21.3. The molecule has 1 atom stereocenters. The Labute approximate surface area is 127 Å². The van der Waals surface area contributed by atoms with Gasteiger partial charge in [-0.05, 0) is 37.1 Å². The van der Waals surface area contributed by atoms with E-state index in [9.17, 15) is 24.6 Å². The summed E-state index contributed by atoms with van der Waals surface area (Å²) in [5.74, 6) is -2.19. The van der Waals surface area contributed by atoms with Crippen LogP contribution in [0.2, 0.25) is 0 Å². The van der Waals surface area contributed by atoms with Crippen molar-refractivity contribution in [3.63, 3.8) is 0 Å². The van der Waals surface area contributed by atoms with Crippen molar-refractivity contribution in [1.82, 2.24) is 0 Å². The number of hydrogen-bond donors (Lipinski definition) is 2. The highest BCUT2D eigenvalue weighted by Crippen LogP contribution is 2.29. The molecule has 6 heteroatoms. The minimum Gasteiger partial charge on any atom is -0.508 e. The summed E-state index contributed by atoms with van der Waals surface area (Å²) < 4.78 is 5.15. The fourth-order valence-electron chi connectivity index (χ4n) is 2.25. The molecule has 1 aliphatic heterocycles. The summed E-state index contributed by atoms with van der Waals surface area (Å²) in [5, 5.41) is 19.4. The van der Waals surface area contributed by atoms with Crippen LogP contribution in [-0.4, -0.2) is 33.9 Å². The number of rotatable bonds is 0. The third-order valence-corrected chi connectivity index (χ3v) is 3.32. The van der Waals surface area contributed by atoms with E-state index in [4.69, 9.17) is 4.74 Å². The van der Waals surface area contributed by atoms with Gasteiger partial charge in [-0.25, -0.2) is 0 Å². The van der Waals surface area contributed by atoms with Gasteiger partial charge in [-0.2, -0.15) is 0 Å². The molecule has 0 aromatic heterocycles. The number of esters is 1. The molecule has 0 spiro atoms. The van der Waals surface area contributed by atoms with Gasteiger partial charge in [0.15, 0.2) is 11.6 Å². The van der Waals surface area contributed by atoms with Gasteiger partial charge in [-0.3, -0.25) is 14.4 Å². The molecule has 0 saturated heterocycles. The molecule has 22 heavy (non-hydrogen) atoms. The first-order valence-electron chi connectivity index (χ1n) is 6.86. The average molecular weight is 304 g/mol. The van der Waals surface area contributed by atoms with Gasteiger partial charge in [-0.1, -0.05) is 0 Å². The fraction of sp³-hybridized carbons (Fsp3) is 0.312. The smallest absolute Gasteiger partial charge is 0.310 e. The van der Waals surface area contributed by atoms with E-state index in [0.29, 0.717) is 6.42 Å². The Morgan fingerprint density at radius 2 is 1.86 bits per heavy atom. The van der Waals surface area contributed by atoms with Crippen molar-refractivity contribution < 1.29 is 29.3 Å². The third kappa shape index (κ3) is 3.72. The van der Waals surface area contributed by atoms with Crippen molar-refractivity contribution in [3.05, 3.63) is 35.4 Å². The Hall–Kier alpha value is -2.63. The van der Waals surface area contributed by atoms with E-state index >= 15 is 0 Å². The molecule has 1 aromatic rings. The molecule has 6 nitrogen and oxygen atoms in total. The summed E-state index contributed by atoms with van der Waals surface area (Å²) in [6, 6.07) is 2.23. The number of benzene rings is 1. The molecule has 0 saturated carbocycles. The highest BCUT2D eigenvalue weighted by Gasteiger charge is 2.21. The predicted octanol–water partition coefficient (Wildman–Crippen LogP) is 1.67. The maximum absolute atomic E-state index is 12.1. The first-order valence-corrected chi connectivity index (χ1v) is 6.86. The zero-order valence-electron chi connectivity index (χ0n) is 12.0. The molecule has 0 unspecified atom stereocenters. The Morgan fingerprint density at radius 1 is 1.14 bits per heavy atom. The van der Waals surface area contributed by atoms with E-state index in [1.807, 2.05) is 0 Å². The van der Waals surface area contributed by atoms with Crippen LogP contribution in [0, 0.1) is 0 Å². The predicted molar refractivity (Wildman–Crippen MR) is 76.7 cm³/mol. The molecule has 2 rings (SSSR count). The van der Waals surface area contributed by atoms with Crippen LogP contribution in [0.25, 0.3) is 0 Å². The number of phenolic OH excluding ortho intramolecular Hbond substituents is 2. The molecular formula is C16H16O6. The lowest BCUT2D eigenvalue weighted by Gasteiger charge is -2.15. The van der Waals surface area contributed by atoms with E-state index in [2.05, 4.69) is 0 Å². The van der Waals surface area contributed by atoms with Crippen LogP contribution in [0.1, 0.15) is 35.7 Å². The summed E-state index contributed by atoms with van der Waals surface area (Å²) in [4.78, 5) is 35.7. The highest BCUT2D eigenvalue weighted by atomic mass is 16.5. The quantitative estimate of drug-likeness (QED) is 0.707. The van der Waals surface area contributed by atoms with Gasteiger partial charge < -0.3 is 14.9 Å². The van der Waals surface area contributed by atoms with Crippen molar-refractivity contribution in [2.75, 3.05) is 0 Å². The number of ether oxygens (including phenoxy) is 1. The van der Waals surface area contributed by atoms with E-state index in [0.717, 1.165) is 18.2 Å². The molecule has 0 aliphatic carbocycles. The maximum Gasteiger partial charge on any atom is 0.310 e. The molecule has 1 aromatic carbocycles. The van der Waals surface area contributed by atoms with Crippen molar-refractivity contribution >= 4 is 17.5 Å². The number of ketones is 2. The Morgan fingerprint density at radius 3 is 2.59 bits per heavy atom. The highest BCUT2D eigenvalue weighted by molar-refractivity contribution is 6.10. The lowest BCUT2D eigenvalue weighted by atomic mass is 9.98. The Kier molecular flexibility index (Phi) is 4.60. The topological polar surface area (TPSA) is 101 Å². The molecule has 2 N–H and O–H groups in total. The second-order valence-electron chi connectivity index (χ2n) is 5.18. The lowest BCUT2D eigenvalue weighted by Crippen LogP contribution is -2.19. The first-order chi connectivity index (χ1) is 10.4. The molecule has 0 radical (unpaired) electrons. The second-order valence-corrected chi connectivity index (χ2v) is 5.18. The van der Waals surface area contributed by atoms with Crippen LogP contribution < -0.4 is 0 Å². The summed E-state index contributed by atoms with van der Waals surface area (Å²) >= 11 is 0. The second kappa shape index (κ2) is 6.43. The van der Waals surface area contributed by atoms with E-state index in [1.165, 1.54) is 6.07 Å². The lowest BCUT2D eigenvalue weighted by molar-refractivity contribution is -0.148. The number of carbonyl (C=O) groups is 3. The zero-order valence-corrected chi connectivity index (χ0v) is 12.0. The number of carbonyl (C=O) groups excluding carboxylic acids is 3. The minimum absolute atomic E-state index is 0.118. The van der Waals surface area contributed by atoms with Crippen molar-refractivity contribution in [2.24, 2.45) is 0 Å². The van der Waals surface area contributed by atoms with E-state index in [1.54, 1.807) is 6.92 Å². The standard InChI is InChI=1S/C16H16O6/c1-9-2-3-11(17)4-5-13(19)16-10(7-15(21)22-9)6-12(18)8-14(16)20/h4-6,8-9,18,20H,2-3,7H2,1H3/b5-4+/t9-/m0/s1. The van der Waals surface area contributed by atoms with Crippen LogP contribution in [0.15, 0.2) is 24.3 Å². The number of fused-ring (bicyclic) bond motifs is 1. The van der Waals surface area contributed by atoms with Crippen molar-refractivity contribution in [2.45, 2.75) is 32.3 Å². The van der Waals surface area contributed by atoms with Crippen LogP contribution >= 0.6 is 0 Å². The summed E-state index contributed by atoms with van der Waals surface area (Å²) in [6.45, 7) is 1.67. The van der Waals surface area contributed by atoms with Gasteiger partial charge >= 0.3 is 5.97 Å². The molecule has 116 valence electrons. The maximum atomic E-state index is 12.1. The molecule has 0 amide bonds. The van der Waals surface area contributed by atoms with Crippen molar-refractivity contribution in [3.8, 4) is 11.5 Å². The summed E-state index contributed by atoms with van der Waals surface area (Å²) in [5.41, 5.74) is 0.0319. The van der Waals surface area contributed by atoms with Gasteiger partial charge in [0, 0.05) is 12.5 Å². The van der Waals surface area contributed by atoms with Crippen LogP contribution in [-0.2, 0) is 20.7 Å².